The van der Waals surface area contributed by atoms with Gasteiger partial charge < -0.3 is 4.42 Å². The maximum atomic E-state index is 5.69. The molecule has 4 heteroatoms. The third kappa shape index (κ3) is 4.04. The minimum Gasteiger partial charge on any atom is -0.417 e. The van der Waals surface area contributed by atoms with Crippen LogP contribution in [0, 0.1) is 0 Å². The maximum Gasteiger partial charge on any atom is 0.248 e. The van der Waals surface area contributed by atoms with Crippen LogP contribution in [0.1, 0.15) is 11.5 Å². The Balaban J connectivity index is 1.43. The molecule has 3 nitrogen and oxygen atoms in total. The molecule has 126 valence electrons. The zero-order valence-electron chi connectivity index (χ0n) is 14.2. The average Bonchev–Trinajstić information content (AvgIpc) is 3.18. The first kappa shape index (κ1) is 16.2. The topological polar surface area (TPSA) is 38.9 Å². The number of rotatable bonds is 5. The van der Waals surface area contributed by atoms with Crippen LogP contribution in [0.2, 0.25) is 0 Å². The smallest absolute Gasteiger partial charge is 0.248 e. The Morgan fingerprint density at radius 1 is 0.654 bits per heavy atom. The first-order chi connectivity index (χ1) is 12.9. The lowest BCUT2D eigenvalue weighted by atomic mass is 10.2. The van der Waals surface area contributed by atoms with E-state index in [2.05, 4.69) is 64.8 Å². The van der Waals surface area contributed by atoms with Crippen LogP contribution < -0.4 is 10.4 Å². The molecular formula is C22H18N2OSi. The summed E-state index contributed by atoms with van der Waals surface area (Å²) < 4.78 is 5.69. The van der Waals surface area contributed by atoms with Crippen molar-refractivity contribution in [3.05, 3.63) is 96.4 Å². The van der Waals surface area contributed by atoms with Crippen LogP contribution in [0.3, 0.4) is 0 Å². The van der Waals surface area contributed by atoms with E-state index < -0.39 is 9.52 Å². The van der Waals surface area contributed by atoms with Gasteiger partial charge >= 0.3 is 0 Å². The molecule has 0 bridgehead atoms. The largest absolute Gasteiger partial charge is 0.417 e. The third-order valence-corrected chi connectivity index (χ3v) is 5.87. The van der Waals surface area contributed by atoms with Crippen LogP contribution in [-0.2, 0) is 0 Å². The highest BCUT2D eigenvalue weighted by Gasteiger charge is 2.05. The minimum atomic E-state index is -0.406. The molecule has 0 atom stereocenters. The van der Waals surface area contributed by atoms with E-state index in [4.69, 9.17) is 4.42 Å². The van der Waals surface area contributed by atoms with Gasteiger partial charge in [0, 0.05) is 11.6 Å². The molecule has 0 radical (unpaired) electrons. The van der Waals surface area contributed by atoms with Crippen molar-refractivity contribution < 1.29 is 4.42 Å². The molecule has 0 fully saturated rings. The van der Waals surface area contributed by atoms with Gasteiger partial charge in [-0.3, -0.25) is 0 Å². The minimum absolute atomic E-state index is 0.406. The lowest BCUT2D eigenvalue weighted by molar-refractivity contribution is 0.558. The molecule has 0 aliphatic heterocycles. The zero-order valence-corrected chi connectivity index (χ0v) is 15.7. The van der Waals surface area contributed by atoms with Crippen LogP contribution in [0.5, 0.6) is 0 Å². The number of nitrogens with zero attached hydrogens (tertiary/aromatic N) is 2. The fourth-order valence-electron chi connectivity index (χ4n) is 2.74. The molecule has 4 aromatic rings. The van der Waals surface area contributed by atoms with E-state index in [1.807, 2.05) is 42.5 Å². The molecule has 3 aromatic carbocycles. The first-order valence-electron chi connectivity index (χ1n) is 8.57. The summed E-state index contributed by atoms with van der Waals surface area (Å²) >= 11 is 0. The highest BCUT2D eigenvalue weighted by Crippen LogP contribution is 2.17. The normalized spacial score (nSPS) is 11.5. The molecule has 4 rings (SSSR count). The predicted octanol–water partition coefficient (Wildman–Crippen LogP) is 3.03. The van der Waals surface area contributed by atoms with Crippen molar-refractivity contribution in [3.63, 3.8) is 0 Å². The van der Waals surface area contributed by atoms with Gasteiger partial charge in [0.2, 0.25) is 11.8 Å². The molecule has 1 heterocycles. The van der Waals surface area contributed by atoms with Gasteiger partial charge in [-0.1, -0.05) is 83.2 Å². The standard InChI is InChI=1S/C22H18N2OSi/c1-3-7-18(8-4-1)22-24-23-21(25-22)16-13-17-11-14-20(15-12-17)26-19-9-5-2-6-10-19/h1-16H,26H2. The Kier molecular flexibility index (Phi) is 4.85. The van der Waals surface area contributed by atoms with Crippen molar-refractivity contribution in [2.24, 2.45) is 0 Å². The molecule has 0 aliphatic carbocycles. The van der Waals surface area contributed by atoms with Gasteiger partial charge in [0.25, 0.3) is 0 Å². The quantitative estimate of drug-likeness (QED) is 0.517. The summed E-state index contributed by atoms with van der Waals surface area (Å²) in [6.45, 7) is 0. The summed E-state index contributed by atoms with van der Waals surface area (Å²) in [5, 5.41) is 11.1. The molecule has 0 unspecified atom stereocenters. The van der Waals surface area contributed by atoms with Crippen molar-refractivity contribution in [3.8, 4) is 11.5 Å². The van der Waals surface area contributed by atoms with Crippen molar-refractivity contribution in [1.29, 1.82) is 0 Å². The van der Waals surface area contributed by atoms with E-state index >= 15 is 0 Å². The second-order valence-corrected chi connectivity index (χ2v) is 8.04. The molecule has 0 aliphatic rings. The summed E-state index contributed by atoms with van der Waals surface area (Å²) in [5.41, 5.74) is 2.05. The lowest BCUT2D eigenvalue weighted by Crippen LogP contribution is -2.26. The number of aromatic nitrogens is 2. The molecular weight excluding hydrogens is 336 g/mol. The van der Waals surface area contributed by atoms with Crippen molar-refractivity contribution >= 4 is 32.0 Å². The average molecular weight is 354 g/mol. The van der Waals surface area contributed by atoms with E-state index in [0.717, 1.165) is 11.1 Å². The van der Waals surface area contributed by atoms with Crippen LogP contribution in [-0.4, -0.2) is 19.7 Å². The number of hydrogen-bond donors (Lipinski definition) is 0. The van der Waals surface area contributed by atoms with Gasteiger partial charge in [0.05, 0.1) is 9.52 Å². The summed E-state index contributed by atoms with van der Waals surface area (Å²) in [6.07, 6.45) is 3.85. The fourth-order valence-corrected chi connectivity index (χ4v) is 4.20. The monoisotopic (exact) mass is 354 g/mol. The van der Waals surface area contributed by atoms with E-state index in [0.29, 0.717) is 11.8 Å². The van der Waals surface area contributed by atoms with E-state index in [1.165, 1.54) is 10.4 Å². The Labute approximate surface area is 154 Å². The van der Waals surface area contributed by atoms with Gasteiger partial charge in [-0.15, -0.1) is 10.2 Å². The van der Waals surface area contributed by atoms with Crippen molar-refractivity contribution in [2.75, 3.05) is 0 Å². The van der Waals surface area contributed by atoms with Gasteiger partial charge in [-0.25, -0.2) is 0 Å². The second kappa shape index (κ2) is 7.76. The van der Waals surface area contributed by atoms with Crippen LogP contribution >= 0.6 is 0 Å². The highest BCUT2D eigenvalue weighted by molar-refractivity contribution is 6.67. The predicted molar refractivity (Wildman–Crippen MR) is 109 cm³/mol. The van der Waals surface area contributed by atoms with Gasteiger partial charge in [-0.2, -0.15) is 0 Å². The summed E-state index contributed by atoms with van der Waals surface area (Å²) in [7, 11) is -0.406. The molecule has 1 aromatic heterocycles. The van der Waals surface area contributed by atoms with Gasteiger partial charge in [0.15, 0.2) is 0 Å². The SMILES string of the molecule is C(=Cc1nnc(-c2ccccc2)o1)c1ccc([SiH2]c2ccccc2)cc1. The Hall–Kier alpha value is -3.24. The van der Waals surface area contributed by atoms with Crippen molar-refractivity contribution in [1.82, 2.24) is 10.2 Å². The van der Waals surface area contributed by atoms with E-state index in [9.17, 15) is 0 Å². The summed E-state index contributed by atoms with van der Waals surface area (Å²) in [4.78, 5) is 0. The zero-order chi connectivity index (χ0) is 17.6. The van der Waals surface area contributed by atoms with Crippen LogP contribution in [0.25, 0.3) is 23.6 Å². The maximum absolute atomic E-state index is 5.69. The summed E-state index contributed by atoms with van der Waals surface area (Å²) in [5.74, 6) is 1.04. The van der Waals surface area contributed by atoms with E-state index in [1.54, 1.807) is 0 Å². The fraction of sp³-hybridized carbons (Fsp3) is 0. The molecule has 0 saturated carbocycles. The van der Waals surface area contributed by atoms with E-state index in [-0.39, 0.29) is 0 Å². The lowest BCUT2D eigenvalue weighted by Gasteiger charge is -2.01. The molecule has 0 saturated heterocycles. The van der Waals surface area contributed by atoms with Crippen LogP contribution in [0.4, 0.5) is 0 Å². The van der Waals surface area contributed by atoms with Crippen LogP contribution in [0.15, 0.2) is 89.3 Å². The number of hydrogen-bond acceptors (Lipinski definition) is 3. The Morgan fingerprint density at radius 2 is 1.31 bits per heavy atom. The molecule has 0 spiro atoms. The first-order valence-corrected chi connectivity index (χ1v) is 9.98. The summed E-state index contributed by atoms with van der Waals surface area (Å²) in [6, 6.07) is 29.2. The molecule has 0 amide bonds. The second-order valence-electron chi connectivity index (χ2n) is 6.05. The molecule has 0 N–H and O–H groups in total. The number of benzene rings is 3. The highest BCUT2D eigenvalue weighted by atomic mass is 28.2. The Bertz CT molecular complexity index is 993. The van der Waals surface area contributed by atoms with Crippen molar-refractivity contribution in [2.45, 2.75) is 0 Å². The van der Waals surface area contributed by atoms with Gasteiger partial charge in [0.1, 0.15) is 0 Å². The molecule has 26 heavy (non-hydrogen) atoms. The third-order valence-electron chi connectivity index (χ3n) is 4.11. The Morgan fingerprint density at radius 3 is 2.04 bits per heavy atom. The van der Waals surface area contributed by atoms with Gasteiger partial charge in [-0.05, 0) is 23.8 Å².